The Bertz CT molecular complexity index is 587. The van der Waals surface area contributed by atoms with Gasteiger partial charge in [0.25, 0.3) is 5.91 Å². The van der Waals surface area contributed by atoms with E-state index in [1.165, 1.54) is 13.2 Å². The van der Waals surface area contributed by atoms with E-state index in [4.69, 9.17) is 10.8 Å². The Hall–Kier alpha value is -2.75. The summed E-state index contributed by atoms with van der Waals surface area (Å²) in [5.74, 6) is 1.49. The topological polar surface area (TPSA) is 91.7 Å². The zero-order chi connectivity index (χ0) is 14.8. The molecule has 1 aliphatic heterocycles. The van der Waals surface area contributed by atoms with Crippen LogP contribution >= 0.6 is 0 Å². The van der Waals surface area contributed by atoms with Crippen molar-refractivity contribution >= 4 is 17.8 Å². The van der Waals surface area contributed by atoms with Crippen molar-refractivity contribution in [2.24, 2.45) is 0 Å². The molecule has 4 amide bonds. The number of urea groups is 1. The minimum atomic E-state index is -1.30. The van der Waals surface area contributed by atoms with Crippen LogP contribution in [0.1, 0.15) is 12.7 Å². The maximum Gasteiger partial charge on any atom is 0.325 e. The van der Waals surface area contributed by atoms with Crippen LogP contribution in [0.4, 0.5) is 4.79 Å². The van der Waals surface area contributed by atoms with Gasteiger partial charge < -0.3 is 15.1 Å². The molecule has 2 N–H and O–H groups in total. The highest BCUT2D eigenvalue weighted by Crippen LogP contribution is 2.28. The van der Waals surface area contributed by atoms with Gasteiger partial charge in [-0.25, -0.2) is 4.79 Å². The van der Waals surface area contributed by atoms with E-state index in [0.717, 1.165) is 4.90 Å². The first-order chi connectivity index (χ1) is 9.49. The molecule has 0 bridgehead atoms. The van der Waals surface area contributed by atoms with Crippen molar-refractivity contribution in [3.05, 3.63) is 24.2 Å². The van der Waals surface area contributed by atoms with Gasteiger partial charge in [0.05, 0.1) is 12.8 Å². The molecular formula is C13H13N3O4. The molecule has 2 rings (SSSR count). The molecule has 1 aromatic rings. The van der Waals surface area contributed by atoms with Crippen molar-refractivity contribution < 1.29 is 18.8 Å². The summed E-state index contributed by atoms with van der Waals surface area (Å²) in [4.78, 5) is 36.5. The average molecular weight is 275 g/mol. The number of rotatable bonds is 4. The lowest BCUT2D eigenvalue weighted by atomic mass is 9.99. The summed E-state index contributed by atoms with van der Waals surface area (Å²) in [6.45, 7) is 1.17. The molecular weight excluding hydrogens is 262 g/mol. The van der Waals surface area contributed by atoms with Crippen LogP contribution in [0, 0.1) is 12.3 Å². The summed E-state index contributed by atoms with van der Waals surface area (Å²) in [7, 11) is 0. The molecule has 0 spiro atoms. The van der Waals surface area contributed by atoms with E-state index < -0.39 is 23.4 Å². The van der Waals surface area contributed by atoms with E-state index in [9.17, 15) is 14.4 Å². The van der Waals surface area contributed by atoms with E-state index in [2.05, 4.69) is 16.6 Å². The SMILES string of the molecule is C#CCNC(=O)CN1C(=O)NC(C)(c2ccco2)C1=O. The number of amides is 4. The number of terminal acetylenes is 1. The van der Waals surface area contributed by atoms with Crippen LogP contribution in [0.2, 0.25) is 0 Å². The summed E-state index contributed by atoms with van der Waals surface area (Å²) in [6, 6.07) is 2.55. The highest BCUT2D eigenvalue weighted by atomic mass is 16.3. The number of nitrogens with one attached hydrogen (secondary N) is 2. The lowest BCUT2D eigenvalue weighted by Crippen LogP contribution is -2.43. The third-order valence-electron chi connectivity index (χ3n) is 2.98. The van der Waals surface area contributed by atoms with Crippen LogP contribution in [-0.4, -0.2) is 35.8 Å². The van der Waals surface area contributed by atoms with E-state index in [0.29, 0.717) is 5.76 Å². The monoisotopic (exact) mass is 275 g/mol. The second kappa shape index (κ2) is 5.09. The van der Waals surface area contributed by atoms with E-state index in [1.807, 2.05) is 0 Å². The van der Waals surface area contributed by atoms with Crippen molar-refractivity contribution in [1.29, 1.82) is 0 Å². The fourth-order valence-electron chi connectivity index (χ4n) is 1.92. The molecule has 1 unspecified atom stereocenters. The van der Waals surface area contributed by atoms with Crippen molar-refractivity contribution in [2.45, 2.75) is 12.5 Å². The Balaban J connectivity index is 2.14. The number of nitrogens with zero attached hydrogens (tertiary/aromatic N) is 1. The Morgan fingerprint density at radius 1 is 1.60 bits per heavy atom. The molecule has 1 fully saturated rings. The van der Waals surface area contributed by atoms with Gasteiger partial charge in [-0.3, -0.25) is 14.5 Å². The van der Waals surface area contributed by atoms with Gasteiger partial charge in [0.2, 0.25) is 5.91 Å². The molecule has 2 heterocycles. The molecule has 1 aromatic heterocycles. The summed E-state index contributed by atoms with van der Waals surface area (Å²) in [5.41, 5.74) is -1.30. The van der Waals surface area contributed by atoms with Gasteiger partial charge in [-0.1, -0.05) is 5.92 Å². The average Bonchev–Trinajstić information content (AvgIpc) is 3.01. The first kappa shape index (κ1) is 13.7. The fourth-order valence-corrected chi connectivity index (χ4v) is 1.92. The molecule has 7 nitrogen and oxygen atoms in total. The van der Waals surface area contributed by atoms with Gasteiger partial charge in [-0.15, -0.1) is 6.42 Å². The van der Waals surface area contributed by atoms with Crippen molar-refractivity contribution in [1.82, 2.24) is 15.5 Å². The Labute approximate surface area is 115 Å². The lowest BCUT2D eigenvalue weighted by molar-refractivity contribution is -0.135. The zero-order valence-electron chi connectivity index (χ0n) is 10.8. The number of furan rings is 1. The third-order valence-corrected chi connectivity index (χ3v) is 2.98. The summed E-state index contributed by atoms with van der Waals surface area (Å²) in [5, 5.41) is 4.91. The van der Waals surface area contributed by atoms with Crippen LogP contribution in [0.3, 0.4) is 0 Å². The largest absolute Gasteiger partial charge is 0.466 e. The zero-order valence-corrected chi connectivity index (χ0v) is 10.8. The second-order valence-electron chi connectivity index (χ2n) is 4.40. The third kappa shape index (κ3) is 2.23. The Kier molecular flexibility index (Phi) is 3.48. The van der Waals surface area contributed by atoms with Gasteiger partial charge >= 0.3 is 6.03 Å². The molecule has 0 aliphatic carbocycles. The van der Waals surface area contributed by atoms with Gasteiger partial charge in [-0.05, 0) is 19.1 Å². The minimum Gasteiger partial charge on any atom is -0.466 e. The molecule has 7 heteroatoms. The first-order valence-electron chi connectivity index (χ1n) is 5.87. The second-order valence-corrected chi connectivity index (χ2v) is 4.40. The maximum atomic E-state index is 12.3. The maximum absolute atomic E-state index is 12.3. The summed E-state index contributed by atoms with van der Waals surface area (Å²) < 4.78 is 5.17. The lowest BCUT2D eigenvalue weighted by Gasteiger charge is -2.18. The summed E-state index contributed by atoms with van der Waals surface area (Å²) in [6.07, 6.45) is 6.41. The number of carbonyl (C=O) groups is 3. The minimum absolute atomic E-state index is 0.0396. The molecule has 1 atom stereocenters. The molecule has 1 saturated heterocycles. The molecule has 0 saturated carbocycles. The number of hydrogen-bond acceptors (Lipinski definition) is 4. The Morgan fingerprint density at radius 2 is 2.35 bits per heavy atom. The predicted molar refractivity (Wildman–Crippen MR) is 68.1 cm³/mol. The summed E-state index contributed by atoms with van der Waals surface area (Å²) >= 11 is 0. The van der Waals surface area contributed by atoms with E-state index in [1.54, 1.807) is 12.1 Å². The standard InChI is InChI=1S/C13H13N3O4/c1-3-6-14-10(17)8-16-11(18)13(2,15-12(16)19)9-5-4-7-20-9/h1,4-5,7H,6,8H2,2H3,(H,14,17)(H,15,19). The molecule has 0 radical (unpaired) electrons. The highest BCUT2D eigenvalue weighted by molar-refractivity contribution is 6.08. The fraction of sp³-hybridized carbons (Fsp3) is 0.308. The van der Waals surface area contributed by atoms with Gasteiger partial charge in [0, 0.05) is 0 Å². The van der Waals surface area contributed by atoms with Crippen molar-refractivity contribution in [3.63, 3.8) is 0 Å². The van der Waals surface area contributed by atoms with E-state index >= 15 is 0 Å². The van der Waals surface area contributed by atoms with Crippen molar-refractivity contribution in [3.8, 4) is 12.3 Å². The van der Waals surface area contributed by atoms with Crippen LogP contribution < -0.4 is 10.6 Å². The molecule has 1 aliphatic rings. The highest BCUT2D eigenvalue weighted by Gasteiger charge is 2.51. The first-order valence-corrected chi connectivity index (χ1v) is 5.87. The van der Waals surface area contributed by atoms with Crippen molar-refractivity contribution in [2.75, 3.05) is 13.1 Å². The number of carbonyl (C=O) groups excluding carboxylic acids is 3. The molecule has 104 valence electrons. The van der Waals surface area contributed by atoms with Gasteiger partial charge in [0.1, 0.15) is 12.3 Å². The molecule has 0 aromatic carbocycles. The normalized spacial score (nSPS) is 21.5. The number of imide groups is 1. The number of hydrogen-bond donors (Lipinski definition) is 2. The van der Waals surface area contributed by atoms with Crippen LogP contribution in [0.5, 0.6) is 0 Å². The van der Waals surface area contributed by atoms with Gasteiger partial charge in [0.15, 0.2) is 5.54 Å². The molecule has 20 heavy (non-hydrogen) atoms. The predicted octanol–water partition coefficient (Wildman–Crippen LogP) is -0.204. The quantitative estimate of drug-likeness (QED) is 0.588. The van der Waals surface area contributed by atoms with Crippen LogP contribution in [-0.2, 0) is 15.1 Å². The smallest absolute Gasteiger partial charge is 0.325 e. The Morgan fingerprint density at radius 3 is 2.95 bits per heavy atom. The van der Waals surface area contributed by atoms with Crippen LogP contribution in [0.15, 0.2) is 22.8 Å². The van der Waals surface area contributed by atoms with E-state index in [-0.39, 0.29) is 13.1 Å². The van der Waals surface area contributed by atoms with Gasteiger partial charge in [-0.2, -0.15) is 0 Å². The van der Waals surface area contributed by atoms with Crippen LogP contribution in [0.25, 0.3) is 0 Å².